The van der Waals surface area contributed by atoms with Crippen molar-refractivity contribution in [2.45, 2.75) is 0 Å². The average molecular weight is 892 g/mol. The van der Waals surface area contributed by atoms with Gasteiger partial charge in [0.1, 0.15) is 11.2 Å². The van der Waals surface area contributed by atoms with Crippen molar-refractivity contribution < 1.29 is 4.42 Å². The first kappa shape index (κ1) is 41.0. The number of hydrogen-bond acceptors (Lipinski definition) is 2. The van der Waals surface area contributed by atoms with Gasteiger partial charge in [0.2, 0.25) is 0 Å². The molecule has 328 valence electrons. The Kier molecular flexibility index (Phi) is 10.2. The van der Waals surface area contributed by atoms with E-state index < -0.39 is 0 Å². The second-order valence-electron chi connectivity index (χ2n) is 18.0. The summed E-state index contributed by atoms with van der Waals surface area (Å²) >= 11 is 0. The van der Waals surface area contributed by atoms with E-state index in [9.17, 15) is 0 Å². The van der Waals surface area contributed by atoms with Crippen molar-refractivity contribution in [3.05, 3.63) is 273 Å². The Balaban J connectivity index is 1.01. The molecule has 0 aliphatic heterocycles. The third-order valence-electron chi connectivity index (χ3n) is 13.9. The number of benzene rings is 12. The number of para-hydroxylation sites is 2. The van der Waals surface area contributed by atoms with E-state index in [1.807, 2.05) is 6.07 Å². The molecular weight excluding hydrogens is 847 g/mol. The second kappa shape index (κ2) is 17.4. The van der Waals surface area contributed by atoms with E-state index in [0.717, 1.165) is 77.9 Å². The van der Waals surface area contributed by atoms with Gasteiger partial charge in [0.15, 0.2) is 0 Å². The zero-order valence-electron chi connectivity index (χ0n) is 38.3. The van der Waals surface area contributed by atoms with Crippen molar-refractivity contribution >= 4 is 60.5 Å². The predicted octanol–water partition coefficient (Wildman–Crippen LogP) is 19.4. The molecule has 0 fully saturated rings. The molecule has 0 saturated heterocycles. The third-order valence-corrected chi connectivity index (χ3v) is 13.9. The molecule has 0 saturated carbocycles. The van der Waals surface area contributed by atoms with E-state index in [1.165, 1.54) is 49.4 Å². The van der Waals surface area contributed by atoms with E-state index in [0.29, 0.717) is 0 Å². The van der Waals surface area contributed by atoms with Crippen molar-refractivity contribution in [2.24, 2.45) is 0 Å². The molecule has 13 aromatic rings. The van der Waals surface area contributed by atoms with E-state index in [1.54, 1.807) is 0 Å². The van der Waals surface area contributed by atoms with Gasteiger partial charge in [-0.3, -0.25) is 0 Å². The van der Waals surface area contributed by atoms with E-state index >= 15 is 0 Å². The van der Waals surface area contributed by atoms with Crippen molar-refractivity contribution in [1.82, 2.24) is 0 Å². The number of fused-ring (bicyclic) bond motifs is 6. The summed E-state index contributed by atoms with van der Waals surface area (Å²) in [7, 11) is 0. The summed E-state index contributed by atoms with van der Waals surface area (Å²) in [5.41, 5.74) is 18.8. The molecule has 1 aromatic heterocycles. The van der Waals surface area contributed by atoms with Crippen LogP contribution >= 0.6 is 0 Å². The Morgan fingerprint density at radius 2 is 0.786 bits per heavy atom. The molecule has 2 heteroatoms. The Labute approximate surface area is 407 Å². The normalized spacial score (nSPS) is 11.4. The van der Waals surface area contributed by atoms with Crippen LogP contribution in [0.1, 0.15) is 0 Å². The summed E-state index contributed by atoms with van der Waals surface area (Å²) in [5.74, 6) is 0. The van der Waals surface area contributed by atoms with Gasteiger partial charge in [0.25, 0.3) is 0 Å². The highest BCUT2D eigenvalue weighted by Gasteiger charge is 2.22. The van der Waals surface area contributed by atoms with Crippen LogP contribution in [0.3, 0.4) is 0 Å². The summed E-state index contributed by atoms with van der Waals surface area (Å²) in [6.45, 7) is 0. The molecule has 13 rings (SSSR count). The maximum absolute atomic E-state index is 6.63. The number of furan rings is 1. The van der Waals surface area contributed by atoms with Gasteiger partial charge in [-0.1, -0.05) is 224 Å². The molecule has 12 aromatic carbocycles. The van der Waals surface area contributed by atoms with Crippen LogP contribution in [-0.4, -0.2) is 0 Å². The van der Waals surface area contributed by atoms with Gasteiger partial charge in [-0.15, -0.1) is 0 Å². The molecule has 0 aliphatic rings. The minimum absolute atomic E-state index is 0.888. The summed E-state index contributed by atoms with van der Waals surface area (Å²) in [6.07, 6.45) is 0. The van der Waals surface area contributed by atoms with Crippen LogP contribution in [0, 0.1) is 0 Å². The zero-order valence-corrected chi connectivity index (χ0v) is 38.3. The zero-order chi connectivity index (χ0) is 46.4. The molecule has 0 bridgehead atoms. The molecule has 0 amide bonds. The lowest BCUT2D eigenvalue weighted by Crippen LogP contribution is -2.11. The minimum Gasteiger partial charge on any atom is -0.455 e. The number of hydrogen-bond donors (Lipinski definition) is 0. The molecule has 0 N–H and O–H groups in total. The van der Waals surface area contributed by atoms with E-state index in [4.69, 9.17) is 4.42 Å². The molecule has 0 atom stereocenters. The first-order chi connectivity index (χ1) is 34.7. The van der Waals surface area contributed by atoms with Crippen LogP contribution in [0.4, 0.5) is 17.1 Å². The number of nitrogens with zero attached hydrogens (tertiary/aromatic N) is 1. The Morgan fingerprint density at radius 1 is 0.243 bits per heavy atom. The summed E-state index contributed by atoms with van der Waals surface area (Å²) in [4.78, 5) is 2.44. The fraction of sp³-hybridized carbons (Fsp3) is 0. The maximum Gasteiger partial charge on any atom is 0.143 e. The van der Waals surface area contributed by atoms with Gasteiger partial charge >= 0.3 is 0 Å². The van der Waals surface area contributed by atoms with Crippen molar-refractivity contribution in [3.63, 3.8) is 0 Å². The van der Waals surface area contributed by atoms with Gasteiger partial charge in [-0.2, -0.15) is 0 Å². The highest BCUT2D eigenvalue weighted by molar-refractivity contribution is 6.14. The SMILES string of the molecule is c1ccc(-c2ccc(-c3ccc(N(c4cccc(-c5cccc6c5oc5ccccc56)c4)c4cc(-c5cc6ccccc6c6ccccc56)ccc4-c4ccccc4)cc3)cc2-c2ccccc2)cc1. The lowest BCUT2D eigenvalue weighted by atomic mass is 9.90. The molecule has 0 spiro atoms. The fourth-order valence-electron chi connectivity index (χ4n) is 10.5. The summed E-state index contributed by atoms with van der Waals surface area (Å²) < 4.78 is 6.63. The van der Waals surface area contributed by atoms with E-state index in [2.05, 4.69) is 272 Å². The standard InChI is InChI=1S/C68H45NO/c1-4-18-47(19-5-1)57-40-36-50(43-64(57)49-22-8-3-9-23-49)46-34-38-54(39-35-46)69(55-26-16-25-51(42-55)59-31-17-32-63-62-30-14-15-33-67(62)70-68(59)63)66-45-53(37-41-58(66)48-20-6-2-7-21-48)65-44-52-24-10-11-27-56(52)60-28-12-13-29-61(60)65/h1-45H. The fourth-order valence-corrected chi connectivity index (χ4v) is 10.5. The molecule has 70 heavy (non-hydrogen) atoms. The van der Waals surface area contributed by atoms with Crippen LogP contribution in [0.15, 0.2) is 277 Å². The average Bonchev–Trinajstić information content (AvgIpc) is 3.83. The van der Waals surface area contributed by atoms with Crippen LogP contribution in [0.5, 0.6) is 0 Å². The molecular formula is C68H45NO. The number of rotatable bonds is 9. The molecule has 0 unspecified atom stereocenters. The Hall–Kier alpha value is -9.24. The van der Waals surface area contributed by atoms with Gasteiger partial charge in [0, 0.05) is 33.3 Å². The highest BCUT2D eigenvalue weighted by Crippen LogP contribution is 2.47. The summed E-state index contributed by atoms with van der Waals surface area (Å²) in [5, 5.41) is 7.18. The minimum atomic E-state index is 0.888. The van der Waals surface area contributed by atoms with Crippen molar-refractivity contribution in [2.75, 3.05) is 4.90 Å². The van der Waals surface area contributed by atoms with Crippen LogP contribution < -0.4 is 4.90 Å². The lowest BCUT2D eigenvalue weighted by molar-refractivity contribution is 0.670. The quantitative estimate of drug-likeness (QED) is 0.134. The molecule has 0 radical (unpaired) electrons. The first-order valence-electron chi connectivity index (χ1n) is 24.0. The predicted molar refractivity (Wildman–Crippen MR) is 296 cm³/mol. The maximum atomic E-state index is 6.63. The molecule has 2 nitrogen and oxygen atoms in total. The van der Waals surface area contributed by atoms with Crippen molar-refractivity contribution in [3.8, 4) is 66.8 Å². The van der Waals surface area contributed by atoms with Crippen LogP contribution in [-0.2, 0) is 0 Å². The largest absolute Gasteiger partial charge is 0.455 e. The van der Waals surface area contributed by atoms with E-state index in [-0.39, 0.29) is 0 Å². The second-order valence-corrected chi connectivity index (χ2v) is 18.0. The third kappa shape index (κ3) is 7.31. The topological polar surface area (TPSA) is 16.4 Å². The highest BCUT2D eigenvalue weighted by atomic mass is 16.3. The monoisotopic (exact) mass is 891 g/mol. The van der Waals surface area contributed by atoms with Gasteiger partial charge in [-0.05, 0) is 126 Å². The van der Waals surface area contributed by atoms with Gasteiger partial charge in [-0.25, -0.2) is 0 Å². The summed E-state index contributed by atoms with van der Waals surface area (Å²) in [6, 6.07) is 98.8. The van der Waals surface area contributed by atoms with Crippen molar-refractivity contribution in [1.29, 1.82) is 0 Å². The lowest BCUT2D eigenvalue weighted by Gasteiger charge is -2.29. The van der Waals surface area contributed by atoms with Crippen LogP contribution in [0.25, 0.3) is 110 Å². The molecule has 0 aliphatic carbocycles. The number of anilines is 3. The first-order valence-corrected chi connectivity index (χ1v) is 24.0. The Morgan fingerprint density at radius 3 is 1.54 bits per heavy atom. The van der Waals surface area contributed by atoms with Gasteiger partial charge in [0.05, 0.1) is 5.69 Å². The smallest absolute Gasteiger partial charge is 0.143 e. The Bertz CT molecular complexity index is 4040. The van der Waals surface area contributed by atoms with Crippen LogP contribution in [0.2, 0.25) is 0 Å². The molecule has 1 heterocycles. The van der Waals surface area contributed by atoms with Gasteiger partial charge < -0.3 is 9.32 Å².